The van der Waals surface area contributed by atoms with Gasteiger partial charge < -0.3 is 10.2 Å². The van der Waals surface area contributed by atoms with Gasteiger partial charge in [0.25, 0.3) is 0 Å². The van der Waals surface area contributed by atoms with E-state index in [-0.39, 0.29) is 0 Å². The molecule has 0 aromatic heterocycles. The topological polar surface area (TPSA) is 15.3 Å². The molecule has 0 saturated carbocycles. The third-order valence-corrected chi connectivity index (χ3v) is 4.95. The quantitative estimate of drug-likeness (QED) is 0.878. The first kappa shape index (κ1) is 16.5. The summed E-state index contributed by atoms with van der Waals surface area (Å²) in [6.07, 6.45) is 3.94. The van der Waals surface area contributed by atoms with Crippen LogP contribution in [0.25, 0.3) is 0 Å². The molecule has 21 heavy (non-hydrogen) atoms. The van der Waals surface area contributed by atoms with Gasteiger partial charge in [0.2, 0.25) is 0 Å². The zero-order valence-corrected chi connectivity index (χ0v) is 14.4. The molecule has 1 fully saturated rings. The summed E-state index contributed by atoms with van der Waals surface area (Å²) in [6.45, 7) is 11.6. The van der Waals surface area contributed by atoms with Gasteiger partial charge in [0.1, 0.15) is 0 Å². The van der Waals surface area contributed by atoms with E-state index in [9.17, 15) is 0 Å². The zero-order valence-electron chi connectivity index (χ0n) is 14.4. The molecule has 0 radical (unpaired) electrons. The number of aryl methyl sites for hydroxylation is 2. The minimum atomic E-state index is 0.466. The second kappa shape index (κ2) is 7.42. The van der Waals surface area contributed by atoms with E-state index in [1.54, 1.807) is 0 Å². The summed E-state index contributed by atoms with van der Waals surface area (Å²) in [7, 11) is 2.09. The van der Waals surface area contributed by atoms with Gasteiger partial charge in [-0.05, 0) is 58.6 Å². The van der Waals surface area contributed by atoms with Crippen LogP contribution < -0.4 is 5.32 Å². The van der Waals surface area contributed by atoms with Crippen molar-refractivity contribution >= 4 is 0 Å². The highest BCUT2D eigenvalue weighted by atomic mass is 15.2. The lowest BCUT2D eigenvalue weighted by molar-refractivity contribution is 0.119. The molecule has 0 aliphatic carbocycles. The highest BCUT2D eigenvalue weighted by molar-refractivity contribution is 5.30. The van der Waals surface area contributed by atoms with Crippen LogP contribution in [-0.2, 0) is 0 Å². The lowest BCUT2D eigenvalue weighted by atomic mass is 9.94. The van der Waals surface area contributed by atoms with Crippen molar-refractivity contribution in [2.45, 2.75) is 59.0 Å². The van der Waals surface area contributed by atoms with Gasteiger partial charge in [-0.3, -0.25) is 0 Å². The number of likely N-dealkylation sites (tertiary alicyclic amines) is 1. The third-order valence-electron chi connectivity index (χ3n) is 4.95. The number of nitrogens with zero attached hydrogens (tertiary/aromatic N) is 1. The lowest BCUT2D eigenvalue weighted by Gasteiger charge is -2.37. The van der Waals surface area contributed by atoms with Gasteiger partial charge >= 0.3 is 0 Å². The lowest BCUT2D eigenvalue weighted by Crippen LogP contribution is -2.42. The van der Waals surface area contributed by atoms with E-state index in [1.165, 1.54) is 49.0 Å². The third kappa shape index (κ3) is 4.55. The van der Waals surface area contributed by atoms with Gasteiger partial charge in [-0.1, -0.05) is 36.2 Å². The van der Waals surface area contributed by atoms with Gasteiger partial charge in [-0.2, -0.15) is 0 Å². The fourth-order valence-electron chi connectivity index (χ4n) is 3.68. The standard InChI is InChI=1S/C19H32N2/c1-14-6-7-17(4)21(13-14)9-8-19(20-5)18-11-15(2)10-16(3)12-18/h10-12,14,17,19-20H,6-9,13H2,1-5H3. The van der Waals surface area contributed by atoms with Crippen molar-refractivity contribution in [1.82, 2.24) is 10.2 Å². The molecule has 1 aromatic carbocycles. The van der Waals surface area contributed by atoms with Crippen molar-refractivity contribution in [1.29, 1.82) is 0 Å². The van der Waals surface area contributed by atoms with E-state index < -0.39 is 0 Å². The van der Waals surface area contributed by atoms with Crippen molar-refractivity contribution in [2.75, 3.05) is 20.1 Å². The summed E-state index contributed by atoms with van der Waals surface area (Å²) in [4.78, 5) is 2.68. The molecule has 1 aliphatic heterocycles. The van der Waals surface area contributed by atoms with Gasteiger partial charge in [-0.25, -0.2) is 0 Å². The van der Waals surface area contributed by atoms with Crippen LogP contribution in [0.4, 0.5) is 0 Å². The summed E-state index contributed by atoms with van der Waals surface area (Å²) in [5.41, 5.74) is 4.17. The van der Waals surface area contributed by atoms with E-state index in [2.05, 4.69) is 63.2 Å². The Bertz CT molecular complexity index is 435. The van der Waals surface area contributed by atoms with Crippen molar-refractivity contribution in [3.05, 3.63) is 34.9 Å². The molecule has 1 heterocycles. The van der Waals surface area contributed by atoms with Crippen molar-refractivity contribution < 1.29 is 0 Å². The van der Waals surface area contributed by atoms with Crippen LogP contribution in [0.5, 0.6) is 0 Å². The Morgan fingerprint density at radius 3 is 2.43 bits per heavy atom. The van der Waals surface area contributed by atoms with Gasteiger partial charge in [-0.15, -0.1) is 0 Å². The van der Waals surface area contributed by atoms with Crippen LogP contribution in [-0.4, -0.2) is 31.1 Å². The van der Waals surface area contributed by atoms with Gasteiger partial charge in [0.15, 0.2) is 0 Å². The number of nitrogens with one attached hydrogen (secondary N) is 1. The summed E-state index contributed by atoms with van der Waals surface area (Å²) >= 11 is 0. The van der Waals surface area contributed by atoms with E-state index in [4.69, 9.17) is 0 Å². The Hall–Kier alpha value is -0.860. The second-order valence-electron chi connectivity index (χ2n) is 7.08. The highest BCUT2D eigenvalue weighted by Crippen LogP contribution is 2.24. The predicted octanol–water partition coefficient (Wildman–Crippen LogP) is 4.07. The smallest absolute Gasteiger partial charge is 0.0329 e. The number of benzene rings is 1. The van der Waals surface area contributed by atoms with Gasteiger partial charge in [0, 0.05) is 25.2 Å². The fraction of sp³-hybridized carbons (Fsp3) is 0.684. The molecule has 1 aliphatic rings. The van der Waals surface area contributed by atoms with Crippen molar-refractivity contribution in [3.8, 4) is 0 Å². The van der Waals surface area contributed by atoms with Crippen molar-refractivity contribution in [2.24, 2.45) is 5.92 Å². The van der Waals surface area contributed by atoms with Gasteiger partial charge in [0.05, 0.1) is 0 Å². The van der Waals surface area contributed by atoms with E-state index >= 15 is 0 Å². The maximum absolute atomic E-state index is 3.51. The average Bonchev–Trinajstić information content (AvgIpc) is 2.42. The van der Waals surface area contributed by atoms with E-state index in [0.717, 1.165) is 12.0 Å². The molecule has 1 N–H and O–H groups in total. The Morgan fingerprint density at radius 2 is 1.81 bits per heavy atom. The largest absolute Gasteiger partial charge is 0.313 e. The predicted molar refractivity (Wildman–Crippen MR) is 91.8 cm³/mol. The first-order chi connectivity index (χ1) is 9.99. The van der Waals surface area contributed by atoms with Crippen LogP contribution in [0.3, 0.4) is 0 Å². The Balaban J connectivity index is 1.98. The molecule has 118 valence electrons. The van der Waals surface area contributed by atoms with Crippen LogP contribution in [0.2, 0.25) is 0 Å². The molecule has 3 atom stereocenters. The molecule has 2 rings (SSSR count). The van der Waals surface area contributed by atoms with Crippen LogP contribution in [0, 0.1) is 19.8 Å². The molecular formula is C19H32N2. The van der Waals surface area contributed by atoms with E-state index in [1.807, 2.05) is 0 Å². The van der Waals surface area contributed by atoms with Crippen LogP contribution >= 0.6 is 0 Å². The molecule has 2 heteroatoms. The van der Waals surface area contributed by atoms with Crippen LogP contribution in [0.15, 0.2) is 18.2 Å². The zero-order chi connectivity index (χ0) is 15.4. The summed E-state index contributed by atoms with van der Waals surface area (Å²) in [5, 5.41) is 3.51. The summed E-state index contributed by atoms with van der Waals surface area (Å²) < 4.78 is 0. The maximum atomic E-state index is 3.51. The minimum absolute atomic E-state index is 0.466. The molecular weight excluding hydrogens is 256 g/mol. The summed E-state index contributed by atoms with van der Waals surface area (Å²) in [6, 6.07) is 8.13. The molecule has 3 unspecified atom stereocenters. The summed E-state index contributed by atoms with van der Waals surface area (Å²) in [5.74, 6) is 0.857. The number of piperidine rings is 1. The highest BCUT2D eigenvalue weighted by Gasteiger charge is 2.23. The number of hydrogen-bond donors (Lipinski definition) is 1. The van der Waals surface area contributed by atoms with Crippen LogP contribution in [0.1, 0.15) is 55.8 Å². The normalized spacial score (nSPS) is 25.0. The molecule has 0 bridgehead atoms. The molecule has 2 nitrogen and oxygen atoms in total. The second-order valence-corrected chi connectivity index (χ2v) is 7.08. The Morgan fingerprint density at radius 1 is 1.14 bits per heavy atom. The molecule has 0 amide bonds. The molecule has 1 saturated heterocycles. The maximum Gasteiger partial charge on any atom is 0.0329 e. The van der Waals surface area contributed by atoms with Crippen molar-refractivity contribution in [3.63, 3.8) is 0 Å². The number of rotatable bonds is 5. The Kier molecular flexibility index (Phi) is 5.83. The molecule has 0 spiro atoms. The first-order valence-corrected chi connectivity index (χ1v) is 8.49. The first-order valence-electron chi connectivity index (χ1n) is 8.49. The minimum Gasteiger partial charge on any atom is -0.313 e. The Labute approximate surface area is 130 Å². The molecule has 1 aromatic rings. The monoisotopic (exact) mass is 288 g/mol. The fourth-order valence-corrected chi connectivity index (χ4v) is 3.68. The SMILES string of the molecule is CNC(CCN1CC(C)CCC1C)c1cc(C)cc(C)c1. The van der Waals surface area contributed by atoms with E-state index in [0.29, 0.717) is 6.04 Å². The average molecular weight is 288 g/mol. The number of hydrogen-bond acceptors (Lipinski definition) is 2.